The number of hydrogen-bond donors (Lipinski definition) is 0. The van der Waals surface area contributed by atoms with Crippen molar-refractivity contribution in [2.75, 3.05) is 4.90 Å². The van der Waals surface area contributed by atoms with Crippen LogP contribution in [0.2, 0.25) is 0 Å². The molecule has 0 saturated carbocycles. The Hall–Kier alpha value is -2.94. The summed E-state index contributed by atoms with van der Waals surface area (Å²) in [5.74, 6) is -0.0189. The largest absolute Gasteiger partial charge is 0.281 e. The number of amides is 1. The second-order valence-corrected chi connectivity index (χ2v) is 4.98. The quantitative estimate of drug-likeness (QED) is 0.714. The highest BCUT2D eigenvalue weighted by molar-refractivity contribution is 5.99. The molecule has 3 nitrogen and oxygen atoms in total. The number of hydrogen-bond acceptors (Lipinski definition) is 2. The lowest BCUT2D eigenvalue weighted by Crippen LogP contribution is -2.22. The Morgan fingerprint density at radius 1 is 0.864 bits per heavy atom. The van der Waals surface area contributed by atoms with Gasteiger partial charge in [0.05, 0.1) is 0 Å². The van der Waals surface area contributed by atoms with Gasteiger partial charge in [0.15, 0.2) is 0 Å². The fourth-order valence-electron chi connectivity index (χ4n) is 2.45. The number of aromatic nitrogens is 1. The summed E-state index contributed by atoms with van der Waals surface area (Å²) in [4.78, 5) is 18.0. The lowest BCUT2D eigenvalue weighted by molar-refractivity contribution is -0.115. The standard InChI is InChI=1S/C19H16N2O/c1-15(22)21(18-9-3-2-4-10-18)19-11-5-7-16(13-19)17-8-6-12-20-14-17/h2-14H,1H3. The van der Waals surface area contributed by atoms with Crippen LogP contribution in [-0.4, -0.2) is 10.9 Å². The van der Waals surface area contributed by atoms with Crippen LogP contribution >= 0.6 is 0 Å². The van der Waals surface area contributed by atoms with E-state index < -0.39 is 0 Å². The van der Waals surface area contributed by atoms with Gasteiger partial charge in [-0.25, -0.2) is 0 Å². The maximum Gasteiger partial charge on any atom is 0.228 e. The van der Waals surface area contributed by atoms with Crippen LogP contribution < -0.4 is 4.90 Å². The fraction of sp³-hybridized carbons (Fsp3) is 0.0526. The minimum Gasteiger partial charge on any atom is -0.281 e. The van der Waals surface area contributed by atoms with Crippen LogP contribution in [0.4, 0.5) is 11.4 Å². The van der Waals surface area contributed by atoms with Crippen molar-refractivity contribution in [3.63, 3.8) is 0 Å². The predicted octanol–water partition coefficient (Wildman–Crippen LogP) is 4.43. The number of para-hydroxylation sites is 1. The number of carbonyl (C=O) groups is 1. The van der Waals surface area contributed by atoms with Crippen molar-refractivity contribution < 1.29 is 4.79 Å². The SMILES string of the molecule is CC(=O)N(c1ccccc1)c1cccc(-c2cccnc2)c1. The van der Waals surface area contributed by atoms with Crippen LogP contribution in [0.25, 0.3) is 11.1 Å². The molecule has 1 aromatic heterocycles. The lowest BCUT2D eigenvalue weighted by Gasteiger charge is -2.22. The summed E-state index contributed by atoms with van der Waals surface area (Å²) in [6, 6.07) is 21.5. The minimum atomic E-state index is -0.0189. The molecule has 0 aliphatic carbocycles. The molecule has 1 amide bonds. The molecule has 108 valence electrons. The van der Waals surface area contributed by atoms with Crippen molar-refractivity contribution in [2.45, 2.75) is 6.92 Å². The van der Waals surface area contributed by atoms with E-state index in [4.69, 9.17) is 0 Å². The molecule has 0 radical (unpaired) electrons. The van der Waals surface area contributed by atoms with Gasteiger partial charge in [-0.1, -0.05) is 36.4 Å². The molecule has 0 aliphatic heterocycles. The van der Waals surface area contributed by atoms with Crippen molar-refractivity contribution in [3.05, 3.63) is 79.1 Å². The summed E-state index contributed by atoms with van der Waals surface area (Å²) < 4.78 is 0. The molecule has 0 fully saturated rings. The van der Waals surface area contributed by atoms with E-state index in [0.29, 0.717) is 0 Å². The molecule has 0 bridgehead atoms. The first-order valence-electron chi connectivity index (χ1n) is 7.12. The first kappa shape index (κ1) is 14.0. The third-order valence-electron chi connectivity index (χ3n) is 3.43. The average Bonchev–Trinajstić information content (AvgIpc) is 2.57. The molecule has 0 atom stereocenters. The Labute approximate surface area is 129 Å². The predicted molar refractivity (Wildman–Crippen MR) is 88.9 cm³/mol. The van der Waals surface area contributed by atoms with Gasteiger partial charge in [-0.2, -0.15) is 0 Å². The monoisotopic (exact) mass is 288 g/mol. The summed E-state index contributed by atoms with van der Waals surface area (Å²) in [6.45, 7) is 1.57. The third-order valence-corrected chi connectivity index (χ3v) is 3.43. The highest BCUT2D eigenvalue weighted by atomic mass is 16.2. The number of carbonyl (C=O) groups excluding carboxylic acids is 1. The van der Waals surface area contributed by atoms with E-state index in [9.17, 15) is 4.79 Å². The van der Waals surface area contributed by atoms with Gasteiger partial charge in [-0.3, -0.25) is 14.7 Å². The number of nitrogens with zero attached hydrogens (tertiary/aromatic N) is 2. The smallest absolute Gasteiger partial charge is 0.228 e. The van der Waals surface area contributed by atoms with E-state index in [1.807, 2.05) is 72.9 Å². The summed E-state index contributed by atoms with van der Waals surface area (Å²) in [7, 11) is 0. The molecule has 0 spiro atoms. The second kappa shape index (κ2) is 6.22. The third kappa shape index (κ3) is 2.88. The Morgan fingerprint density at radius 2 is 1.59 bits per heavy atom. The molecule has 0 aliphatic rings. The Balaban J connectivity index is 2.05. The van der Waals surface area contributed by atoms with Crippen molar-refractivity contribution >= 4 is 17.3 Å². The fourth-order valence-corrected chi connectivity index (χ4v) is 2.45. The summed E-state index contributed by atoms with van der Waals surface area (Å²) in [5.41, 5.74) is 3.77. The minimum absolute atomic E-state index is 0.0189. The van der Waals surface area contributed by atoms with Crippen molar-refractivity contribution in [1.82, 2.24) is 4.98 Å². The van der Waals surface area contributed by atoms with Gasteiger partial charge in [-0.15, -0.1) is 0 Å². The van der Waals surface area contributed by atoms with Gasteiger partial charge >= 0.3 is 0 Å². The summed E-state index contributed by atoms with van der Waals surface area (Å²) in [6.07, 6.45) is 3.57. The van der Waals surface area contributed by atoms with E-state index in [-0.39, 0.29) is 5.91 Å². The van der Waals surface area contributed by atoms with E-state index in [2.05, 4.69) is 4.98 Å². The van der Waals surface area contributed by atoms with Gasteiger partial charge in [0.1, 0.15) is 0 Å². The second-order valence-electron chi connectivity index (χ2n) is 4.98. The van der Waals surface area contributed by atoms with Gasteiger partial charge < -0.3 is 0 Å². The summed E-state index contributed by atoms with van der Waals surface area (Å²) in [5, 5.41) is 0. The molecule has 0 N–H and O–H groups in total. The topological polar surface area (TPSA) is 33.2 Å². The Morgan fingerprint density at radius 3 is 2.27 bits per heavy atom. The molecule has 0 unspecified atom stereocenters. The zero-order valence-electron chi connectivity index (χ0n) is 12.3. The first-order chi connectivity index (χ1) is 10.8. The van der Waals surface area contributed by atoms with Crippen LogP contribution in [0.1, 0.15) is 6.92 Å². The van der Waals surface area contributed by atoms with Gasteiger partial charge in [0, 0.05) is 36.3 Å². The molecular formula is C19H16N2O. The van der Waals surface area contributed by atoms with Crippen molar-refractivity contribution in [3.8, 4) is 11.1 Å². The zero-order valence-corrected chi connectivity index (χ0v) is 12.3. The van der Waals surface area contributed by atoms with Crippen molar-refractivity contribution in [1.29, 1.82) is 0 Å². The number of benzene rings is 2. The summed E-state index contributed by atoms with van der Waals surface area (Å²) >= 11 is 0. The maximum absolute atomic E-state index is 12.1. The van der Waals surface area contributed by atoms with Gasteiger partial charge in [0.25, 0.3) is 0 Å². The molecule has 0 saturated heterocycles. The Bertz CT molecular complexity index is 770. The highest BCUT2D eigenvalue weighted by Crippen LogP contribution is 2.29. The number of rotatable bonds is 3. The zero-order chi connectivity index (χ0) is 15.4. The van der Waals surface area contributed by atoms with Crippen LogP contribution in [0.3, 0.4) is 0 Å². The molecule has 3 heteroatoms. The molecular weight excluding hydrogens is 272 g/mol. The van der Waals surface area contributed by atoms with Crippen LogP contribution in [-0.2, 0) is 4.79 Å². The number of anilines is 2. The first-order valence-corrected chi connectivity index (χ1v) is 7.12. The van der Waals surface area contributed by atoms with Crippen molar-refractivity contribution in [2.24, 2.45) is 0 Å². The normalized spacial score (nSPS) is 10.2. The molecule has 22 heavy (non-hydrogen) atoms. The Kier molecular flexibility index (Phi) is 3.97. The lowest BCUT2D eigenvalue weighted by atomic mass is 10.1. The van der Waals surface area contributed by atoms with Crippen LogP contribution in [0.15, 0.2) is 79.1 Å². The maximum atomic E-state index is 12.1. The van der Waals surface area contributed by atoms with E-state index in [1.54, 1.807) is 18.0 Å². The highest BCUT2D eigenvalue weighted by Gasteiger charge is 2.14. The molecule has 2 aromatic carbocycles. The van der Waals surface area contributed by atoms with E-state index >= 15 is 0 Å². The molecule has 3 rings (SSSR count). The van der Waals surface area contributed by atoms with Gasteiger partial charge in [0.2, 0.25) is 5.91 Å². The van der Waals surface area contributed by atoms with Crippen LogP contribution in [0.5, 0.6) is 0 Å². The molecule has 3 aromatic rings. The van der Waals surface area contributed by atoms with E-state index in [0.717, 1.165) is 22.5 Å². The van der Waals surface area contributed by atoms with Gasteiger partial charge in [-0.05, 0) is 35.9 Å². The number of pyridine rings is 1. The molecule has 1 heterocycles. The van der Waals surface area contributed by atoms with Crippen LogP contribution in [0, 0.1) is 0 Å². The van der Waals surface area contributed by atoms with E-state index in [1.165, 1.54) is 0 Å². The average molecular weight is 288 g/mol.